The number of allylic oxidation sites excluding steroid dienone is 5. The van der Waals surface area contributed by atoms with Gasteiger partial charge in [-0.05, 0) is 26.0 Å². The number of quaternary nitrogens is 1. The van der Waals surface area contributed by atoms with E-state index in [2.05, 4.69) is 28.7 Å². The second-order valence-corrected chi connectivity index (χ2v) is 7.41. The zero-order valence-electron chi connectivity index (χ0n) is 17.6. The Morgan fingerprint density at radius 1 is 1.00 bits per heavy atom. The average Bonchev–Trinajstić information content (AvgIpc) is 2.64. The number of rotatable bonds is 12. The summed E-state index contributed by atoms with van der Waals surface area (Å²) >= 11 is 0. The second-order valence-electron chi connectivity index (χ2n) is 7.41. The summed E-state index contributed by atoms with van der Waals surface area (Å²) in [5.74, 6) is 0.123. The maximum atomic E-state index is 8.64. The monoisotopic (exact) mass is 389 g/mol. The molecule has 7 nitrogen and oxygen atoms in total. The minimum absolute atomic E-state index is 0.0438. The van der Waals surface area contributed by atoms with Gasteiger partial charge in [-0.1, -0.05) is 0 Å². The lowest BCUT2D eigenvalue weighted by Gasteiger charge is -2.33. The molecule has 0 aliphatic carbocycles. The standard InChI is InChI=1S/C21H33N4O3/c1-18-16-20(21(22-3)23-4)17-19(2)24(18)8-7-9-25(5,6)10-12-27-14-15-28-13-11-26/h16-17,26H,7-15H2,1-2,5-6H3/q+1. The van der Waals surface area contributed by atoms with Gasteiger partial charge in [0.15, 0.2) is 0 Å². The van der Waals surface area contributed by atoms with Gasteiger partial charge in [0.1, 0.15) is 19.7 Å². The van der Waals surface area contributed by atoms with Gasteiger partial charge in [0.05, 0.1) is 59.2 Å². The normalized spacial score (nSPS) is 14.2. The van der Waals surface area contributed by atoms with E-state index >= 15 is 0 Å². The lowest BCUT2D eigenvalue weighted by atomic mass is 10.1. The van der Waals surface area contributed by atoms with Crippen molar-refractivity contribution in [3.8, 4) is 0 Å². The molecule has 0 fully saturated rings. The fourth-order valence-corrected chi connectivity index (χ4v) is 3.03. The smallest absolute Gasteiger partial charge is 0.394 e. The van der Waals surface area contributed by atoms with Crippen molar-refractivity contribution in [2.75, 3.05) is 66.8 Å². The third kappa shape index (κ3) is 8.24. The van der Waals surface area contributed by atoms with Crippen LogP contribution in [0.1, 0.15) is 20.3 Å². The molecule has 0 radical (unpaired) electrons. The van der Waals surface area contributed by atoms with Gasteiger partial charge in [-0.25, -0.2) is 0 Å². The minimum Gasteiger partial charge on any atom is -0.394 e. The van der Waals surface area contributed by atoms with Crippen LogP contribution in [-0.4, -0.2) is 81.3 Å². The van der Waals surface area contributed by atoms with Crippen molar-refractivity contribution >= 4 is 0 Å². The van der Waals surface area contributed by atoms with Crippen molar-refractivity contribution in [2.24, 2.45) is 0 Å². The first-order valence-electron chi connectivity index (χ1n) is 9.56. The zero-order valence-corrected chi connectivity index (χ0v) is 17.6. The molecule has 0 aromatic carbocycles. The number of aliphatic hydroxyl groups excluding tert-OH is 1. The fraction of sp³-hybridized carbons (Fsp3) is 0.619. The Morgan fingerprint density at radius 2 is 1.57 bits per heavy atom. The van der Waals surface area contributed by atoms with Crippen LogP contribution in [0.25, 0.3) is 9.69 Å². The molecule has 1 heterocycles. The van der Waals surface area contributed by atoms with Crippen LogP contribution in [0.2, 0.25) is 0 Å². The molecule has 0 aromatic rings. The average molecular weight is 390 g/mol. The molecule has 0 saturated carbocycles. The van der Waals surface area contributed by atoms with Crippen molar-refractivity contribution < 1.29 is 19.1 Å². The van der Waals surface area contributed by atoms with Crippen LogP contribution >= 0.6 is 0 Å². The predicted octanol–water partition coefficient (Wildman–Crippen LogP) is 2.65. The topological polar surface area (TPSA) is 50.7 Å². The van der Waals surface area contributed by atoms with E-state index in [9.17, 15) is 0 Å². The van der Waals surface area contributed by atoms with Gasteiger partial charge in [0.2, 0.25) is 0 Å². The Bertz CT molecular complexity index is 643. The lowest BCUT2D eigenvalue weighted by molar-refractivity contribution is -0.890. The molecule has 154 valence electrons. The highest BCUT2D eigenvalue weighted by molar-refractivity contribution is 5.46. The molecule has 0 aromatic heterocycles. The molecule has 0 spiro atoms. The van der Waals surface area contributed by atoms with Gasteiger partial charge in [-0.3, -0.25) is 0 Å². The van der Waals surface area contributed by atoms with Crippen LogP contribution < -0.4 is 0 Å². The SMILES string of the molecule is [C-]#[N+]C([N+]#[C-])=C1C=C(C)N(CCC[N+](C)(C)CCOCCOCCO)C(C)=C1. The van der Waals surface area contributed by atoms with Crippen LogP contribution in [0.5, 0.6) is 0 Å². The van der Waals surface area contributed by atoms with Gasteiger partial charge in [-0.15, -0.1) is 0 Å². The maximum absolute atomic E-state index is 8.64. The Hall–Kier alpha value is -2.16. The minimum atomic E-state index is 0.0438. The van der Waals surface area contributed by atoms with E-state index in [0.717, 1.165) is 41.9 Å². The highest BCUT2D eigenvalue weighted by atomic mass is 16.5. The van der Waals surface area contributed by atoms with E-state index in [1.807, 2.05) is 26.0 Å². The predicted molar refractivity (Wildman–Crippen MR) is 110 cm³/mol. The Balaban J connectivity index is 2.41. The van der Waals surface area contributed by atoms with Gasteiger partial charge >= 0.3 is 5.82 Å². The van der Waals surface area contributed by atoms with Crippen molar-refractivity contribution in [2.45, 2.75) is 20.3 Å². The van der Waals surface area contributed by atoms with Gasteiger partial charge in [0, 0.05) is 24.4 Å². The summed E-state index contributed by atoms with van der Waals surface area (Å²) in [4.78, 5) is 8.86. The highest BCUT2D eigenvalue weighted by Crippen LogP contribution is 2.25. The van der Waals surface area contributed by atoms with Gasteiger partial charge < -0.3 is 24.0 Å². The first kappa shape index (κ1) is 23.9. The molecular weight excluding hydrogens is 356 g/mol. The number of ether oxygens (including phenoxy) is 2. The molecule has 1 aliphatic heterocycles. The van der Waals surface area contributed by atoms with Gasteiger partial charge in [0.25, 0.3) is 0 Å². The van der Waals surface area contributed by atoms with E-state index in [0.29, 0.717) is 32.0 Å². The van der Waals surface area contributed by atoms with E-state index in [-0.39, 0.29) is 12.4 Å². The number of aliphatic hydroxyl groups is 1. The first-order valence-corrected chi connectivity index (χ1v) is 9.56. The number of hydrogen-bond donors (Lipinski definition) is 1. The lowest BCUT2D eigenvalue weighted by Crippen LogP contribution is -2.44. The molecule has 0 unspecified atom stereocenters. The van der Waals surface area contributed by atoms with Crippen molar-refractivity contribution in [3.63, 3.8) is 0 Å². The molecule has 7 heteroatoms. The molecule has 1 aliphatic rings. The second kappa shape index (κ2) is 12.3. The number of nitrogens with zero attached hydrogens (tertiary/aromatic N) is 4. The van der Waals surface area contributed by atoms with Crippen molar-refractivity contribution in [3.05, 3.63) is 57.8 Å². The quantitative estimate of drug-likeness (QED) is 0.317. The third-order valence-electron chi connectivity index (χ3n) is 4.64. The summed E-state index contributed by atoms with van der Waals surface area (Å²) in [6, 6.07) is 0. The van der Waals surface area contributed by atoms with Crippen molar-refractivity contribution in [1.29, 1.82) is 0 Å². The molecule has 28 heavy (non-hydrogen) atoms. The molecule has 1 rings (SSSR count). The summed E-state index contributed by atoms with van der Waals surface area (Å²) < 4.78 is 11.6. The van der Waals surface area contributed by atoms with Crippen LogP contribution in [0, 0.1) is 13.1 Å². The Kier molecular flexibility index (Phi) is 10.5. The molecule has 0 amide bonds. The van der Waals surface area contributed by atoms with E-state index in [1.165, 1.54) is 0 Å². The largest absolute Gasteiger partial charge is 0.526 e. The summed E-state index contributed by atoms with van der Waals surface area (Å²) in [7, 11) is 4.40. The van der Waals surface area contributed by atoms with E-state index in [1.54, 1.807) is 0 Å². The summed E-state index contributed by atoms with van der Waals surface area (Å²) in [5, 5.41) is 8.64. The van der Waals surface area contributed by atoms with Crippen LogP contribution in [0.3, 0.4) is 0 Å². The summed E-state index contributed by atoms with van der Waals surface area (Å²) in [5.41, 5.74) is 2.83. The van der Waals surface area contributed by atoms with Crippen molar-refractivity contribution in [1.82, 2.24) is 4.90 Å². The molecule has 0 atom stereocenters. The maximum Gasteiger partial charge on any atom is 0.526 e. The summed E-state index contributed by atoms with van der Waals surface area (Å²) in [6.07, 6.45) is 4.87. The molecule has 0 saturated heterocycles. The first-order chi connectivity index (χ1) is 13.3. The summed E-state index contributed by atoms with van der Waals surface area (Å²) in [6.45, 7) is 23.3. The zero-order chi connectivity index (χ0) is 21.0. The van der Waals surface area contributed by atoms with Crippen LogP contribution in [0.15, 0.2) is 34.9 Å². The third-order valence-corrected chi connectivity index (χ3v) is 4.64. The van der Waals surface area contributed by atoms with E-state index in [4.69, 9.17) is 27.7 Å². The number of hydrogen-bond acceptors (Lipinski definition) is 4. The highest BCUT2D eigenvalue weighted by Gasteiger charge is 2.21. The Labute approximate surface area is 169 Å². The molecule has 0 bridgehead atoms. The van der Waals surface area contributed by atoms with Crippen LogP contribution in [0.4, 0.5) is 0 Å². The van der Waals surface area contributed by atoms with Crippen LogP contribution in [-0.2, 0) is 9.47 Å². The van der Waals surface area contributed by atoms with Gasteiger partial charge in [-0.2, -0.15) is 9.69 Å². The molecule has 1 N–H and O–H groups in total. The molecular formula is C21H33N4O3+. The Morgan fingerprint density at radius 3 is 2.11 bits per heavy atom. The van der Waals surface area contributed by atoms with E-state index < -0.39 is 0 Å². The fourth-order valence-electron chi connectivity index (χ4n) is 3.03. The number of likely N-dealkylation sites (N-methyl/N-ethyl adjacent to an activating group) is 1.